The molecule has 0 saturated carbocycles. The van der Waals surface area contributed by atoms with Crippen LogP contribution in [0.25, 0.3) is 0 Å². The lowest BCUT2D eigenvalue weighted by molar-refractivity contribution is -0.142. The predicted octanol–water partition coefficient (Wildman–Crippen LogP) is 1.16. The molecule has 2 unspecified atom stereocenters. The summed E-state index contributed by atoms with van der Waals surface area (Å²) in [6.07, 6.45) is 5.71. The topological polar surface area (TPSA) is 41.6 Å². The van der Waals surface area contributed by atoms with Crippen LogP contribution >= 0.6 is 0 Å². The van der Waals surface area contributed by atoms with Crippen molar-refractivity contribution in [2.24, 2.45) is 0 Å². The SMILES string of the molecule is CC(OCC1CCCCN1)C(=O)N1CCCC1. The fourth-order valence-corrected chi connectivity index (χ4v) is 2.59. The van der Waals surface area contributed by atoms with Crippen molar-refractivity contribution in [1.29, 1.82) is 0 Å². The molecule has 0 spiro atoms. The highest BCUT2D eigenvalue weighted by atomic mass is 16.5. The molecule has 1 N–H and O–H groups in total. The van der Waals surface area contributed by atoms with Crippen molar-refractivity contribution in [3.8, 4) is 0 Å². The molecule has 4 heteroatoms. The van der Waals surface area contributed by atoms with Crippen LogP contribution in [0.5, 0.6) is 0 Å². The summed E-state index contributed by atoms with van der Waals surface area (Å²) >= 11 is 0. The van der Waals surface area contributed by atoms with Crippen molar-refractivity contribution in [2.75, 3.05) is 26.2 Å². The van der Waals surface area contributed by atoms with Crippen LogP contribution in [0.4, 0.5) is 0 Å². The summed E-state index contributed by atoms with van der Waals surface area (Å²) in [5.41, 5.74) is 0. The van der Waals surface area contributed by atoms with E-state index in [9.17, 15) is 4.79 Å². The third-order valence-corrected chi connectivity index (χ3v) is 3.73. The van der Waals surface area contributed by atoms with Gasteiger partial charge < -0.3 is 15.0 Å². The molecule has 0 aliphatic carbocycles. The summed E-state index contributed by atoms with van der Waals surface area (Å²) < 4.78 is 5.70. The van der Waals surface area contributed by atoms with E-state index in [-0.39, 0.29) is 12.0 Å². The van der Waals surface area contributed by atoms with E-state index >= 15 is 0 Å². The van der Waals surface area contributed by atoms with Crippen molar-refractivity contribution < 1.29 is 9.53 Å². The largest absolute Gasteiger partial charge is 0.367 e. The second-order valence-corrected chi connectivity index (χ2v) is 5.15. The van der Waals surface area contributed by atoms with Gasteiger partial charge in [0.05, 0.1) is 6.61 Å². The zero-order valence-corrected chi connectivity index (χ0v) is 10.8. The van der Waals surface area contributed by atoms with Crippen LogP contribution < -0.4 is 5.32 Å². The first kappa shape index (κ1) is 12.8. The molecule has 2 aliphatic heterocycles. The van der Waals surface area contributed by atoms with Crippen LogP contribution in [-0.4, -0.2) is 49.2 Å². The van der Waals surface area contributed by atoms with E-state index in [1.807, 2.05) is 11.8 Å². The molecule has 1 amide bonds. The lowest BCUT2D eigenvalue weighted by atomic mass is 10.1. The maximum atomic E-state index is 12.0. The monoisotopic (exact) mass is 240 g/mol. The molecule has 0 aromatic rings. The Kier molecular flexibility index (Phi) is 4.80. The highest BCUT2D eigenvalue weighted by molar-refractivity contribution is 5.80. The molecule has 98 valence electrons. The molecule has 2 fully saturated rings. The van der Waals surface area contributed by atoms with Gasteiger partial charge in [-0.2, -0.15) is 0 Å². The van der Waals surface area contributed by atoms with Crippen molar-refractivity contribution in [3.63, 3.8) is 0 Å². The van der Waals surface area contributed by atoms with Crippen LogP contribution in [0.3, 0.4) is 0 Å². The van der Waals surface area contributed by atoms with Gasteiger partial charge in [-0.1, -0.05) is 6.42 Å². The number of hydrogen-bond acceptors (Lipinski definition) is 3. The van der Waals surface area contributed by atoms with Gasteiger partial charge in [0.1, 0.15) is 6.10 Å². The standard InChI is InChI=1S/C13H24N2O2/c1-11(13(16)15-8-4-5-9-15)17-10-12-6-2-3-7-14-12/h11-12,14H,2-10H2,1H3. The number of hydrogen-bond donors (Lipinski definition) is 1. The number of rotatable bonds is 4. The molecule has 0 aromatic carbocycles. The Morgan fingerprint density at radius 3 is 2.76 bits per heavy atom. The molecule has 0 aromatic heterocycles. The second kappa shape index (κ2) is 6.36. The Labute approximate surface area is 104 Å². The Morgan fingerprint density at radius 2 is 2.12 bits per heavy atom. The lowest BCUT2D eigenvalue weighted by Crippen LogP contribution is -2.42. The minimum atomic E-state index is -0.281. The number of nitrogens with one attached hydrogen (secondary N) is 1. The van der Waals surface area contributed by atoms with E-state index in [1.165, 1.54) is 19.3 Å². The molecule has 17 heavy (non-hydrogen) atoms. The summed E-state index contributed by atoms with van der Waals surface area (Å²) in [7, 11) is 0. The Bertz CT molecular complexity index is 246. The highest BCUT2D eigenvalue weighted by Crippen LogP contribution is 2.12. The number of likely N-dealkylation sites (tertiary alicyclic amines) is 1. The van der Waals surface area contributed by atoms with Gasteiger partial charge in [-0.15, -0.1) is 0 Å². The van der Waals surface area contributed by atoms with Crippen molar-refractivity contribution in [2.45, 2.75) is 51.2 Å². The van der Waals surface area contributed by atoms with Crippen molar-refractivity contribution >= 4 is 5.91 Å². The lowest BCUT2D eigenvalue weighted by Gasteiger charge is -2.26. The smallest absolute Gasteiger partial charge is 0.251 e. The quantitative estimate of drug-likeness (QED) is 0.801. The third-order valence-electron chi connectivity index (χ3n) is 3.73. The van der Waals surface area contributed by atoms with Gasteiger partial charge in [0.2, 0.25) is 0 Å². The molecule has 4 nitrogen and oxygen atoms in total. The first-order valence-electron chi connectivity index (χ1n) is 6.91. The zero-order chi connectivity index (χ0) is 12.1. The normalized spacial score (nSPS) is 27.1. The summed E-state index contributed by atoms with van der Waals surface area (Å²) in [6.45, 7) is 5.45. The van der Waals surface area contributed by atoms with Gasteiger partial charge in [0, 0.05) is 19.1 Å². The molecule has 2 saturated heterocycles. The molecule has 2 aliphatic rings. The van der Waals surface area contributed by atoms with Gasteiger partial charge in [-0.3, -0.25) is 4.79 Å². The predicted molar refractivity (Wildman–Crippen MR) is 66.9 cm³/mol. The zero-order valence-electron chi connectivity index (χ0n) is 10.8. The third kappa shape index (κ3) is 3.68. The first-order valence-corrected chi connectivity index (χ1v) is 6.91. The first-order chi connectivity index (χ1) is 8.27. The summed E-state index contributed by atoms with van der Waals surface area (Å²) in [5, 5.41) is 3.43. The van der Waals surface area contributed by atoms with Crippen molar-refractivity contribution in [1.82, 2.24) is 10.2 Å². The number of piperidine rings is 1. The van der Waals surface area contributed by atoms with Gasteiger partial charge in [0.15, 0.2) is 0 Å². The van der Waals surface area contributed by atoms with Gasteiger partial charge in [0.25, 0.3) is 5.91 Å². The Morgan fingerprint density at radius 1 is 1.35 bits per heavy atom. The van der Waals surface area contributed by atoms with Crippen LogP contribution in [0.15, 0.2) is 0 Å². The van der Waals surface area contributed by atoms with E-state index in [0.717, 1.165) is 32.5 Å². The molecule has 2 rings (SSSR count). The highest BCUT2D eigenvalue weighted by Gasteiger charge is 2.24. The van der Waals surface area contributed by atoms with Gasteiger partial charge in [-0.25, -0.2) is 0 Å². The number of carbonyl (C=O) groups is 1. The van der Waals surface area contributed by atoms with E-state index in [2.05, 4.69) is 5.32 Å². The summed E-state index contributed by atoms with van der Waals surface area (Å²) in [6, 6.07) is 0.442. The minimum absolute atomic E-state index is 0.165. The molecule has 0 radical (unpaired) electrons. The number of carbonyl (C=O) groups excluding carboxylic acids is 1. The average Bonchev–Trinajstić information content (AvgIpc) is 2.90. The fraction of sp³-hybridized carbons (Fsp3) is 0.923. The van der Waals surface area contributed by atoms with E-state index < -0.39 is 0 Å². The molecule has 2 atom stereocenters. The Balaban J connectivity index is 1.68. The molecular weight excluding hydrogens is 216 g/mol. The van der Waals surface area contributed by atoms with E-state index in [1.54, 1.807) is 0 Å². The van der Waals surface area contributed by atoms with E-state index in [4.69, 9.17) is 4.74 Å². The van der Waals surface area contributed by atoms with Crippen LogP contribution in [0.1, 0.15) is 39.0 Å². The maximum absolute atomic E-state index is 12.0. The Hall–Kier alpha value is -0.610. The van der Waals surface area contributed by atoms with Crippen molar-refractivity contribution in [3.05, 3.63) is 0 Å². The number of ether oxygens (including phenoxy) is 1. The molecule has 0 bridgehead atoms. The second-order valence-electron chi connectivity index (χ2n) is 5.15. The number of nitrogens with zero attached hydrogens (tertiary/aromatic N) is 1. The molecular formula is C13H24N2O2. The fourth-order valence-electron chi connectivity index (χ4n) is 2.59. The van der Waals surface area contributed by atoms with Gasteiger partial charge >= 0.3 is 0 Å². The van der Waals surface area contributed by atoms with Crippen LogP contribution in [-0.2, 0) is 9.53 Å². The average molecular weight is 240 g/mol. The summed E-state index contributed by atoms with van der Waals surface area (Å²) in [4.78, 5) is 13.9. The van der Waals surface area contributed by atoms with Crippen LogP contribution in [0.2, 0.25) is 0 Å². The maximum Gasteiger partial charge on any atom is 0.251 e. The van der Waals surface area contributed by atoms with Gasteiger partial charge in [-0.05, 0) is 39.2 Å². The molecule has 2 heterocycles. The summed E-state index contributed by atoms with van der Waals surface area (Å²) in [5.74, 6) is 0.165. The van der Waals surface area contributed by atoms with E-state index in [0.29, 0.717) is 12.6 Å². The minimum Gasteiger partial charge on any atom is -0.367 e. The van der Waals surface area contributed by atoms with Crippen LogP contribution in [0, 0.1) is 0 Å². The number of amides is 1.